The predicted octanol–water partition coefficient (Wildman–Crippen LogP) is 1.52. The van der Waals surface area contributed by atoms with Crippen molar-refractivity contribution in [2.24, 2.45) is 5.92 Å². The molecule has 0 bridgehead atoms. The fourth-order valence-corrected chi connectivity index (χ4v) is 2.07. The molecule has 1 aliphatic heterocycles. The molecule has 2 rings (SSSR count). The largest absolute Gasteiger partial charge is 0.484 e. The van der Waals surface area contributed by atoms with Gasteiger partial charge < -0.3 is 19.5 Å². The van der Waals surface area contributed by atoms with E-state index in [1.165, 1.54) is 6.92 Å². The molecule has 0 fully saturated rings. The van der Waals surface area contributed by atoms with Crippen LogP contribution in [0.25, 0.3) is 0 Å². The minimum absolute atomic E-state index is 0.0389. The minimum Gasteiger partial charge on any atom is -0.484 e. The highest BCUT2D eigenvalue weighted by Crippen LogP contribution is 2.34. The van der Waals surface area contributed by atoms with E-state index in [1.807, 2.05) is 13.8 Å². The monoisotopic (exact) mass is 293 g/mol. The van der Waals surface area contributed by atoms with Crippen LogP contribution in [0.15, 0.2) is 18.2 Å². The fraction of sp³-hybridized carbons (Fsp3) is 0.467. The zero-order chi connectivity index (χ0) is 15.4. The lowest BCUT2D eigenvalue weighted by atomic mass is 10.0. The lowest BCUT2D eigenvalue weighted by Gasteiger charge is -2.19. The standard InChI is InChI=1S/C15H19NO5/c1-9(2)15(10(3)17)16-14(18)7-19-11-4-5-12-13(6-11)21-8-20-12/h4-6,9,15H,7-8H2,1-3H3,(H,16,18). The number of hydrogen-bond acceptors (Lipinski definition) is 5. The smallest absolute Gasteiger partial charge is 0.258 e. The Morgan fingerprint density at radius 2 is 2.00 bits per heavy atom. The third-order valence-electron chi connectivity index (χ3n) is 3.14. The highest BCUT2D eigenvalue weighted by Gasteiger charge is 2.21. The lowest BCUT2D eigenvalue weighted by molar-refractivity contribution is -0.129. The van der Waals surface area contributed by atoms with Crippen molar-refractivity contribution in [3.63, 3.8) is 0 Å². The van der Waals surface area contributed by atoms with Crippen LogP contribution in [0.2, 0.25) is 0 Å². The van der Waals surface area contributed by atoms with Crippen LogP contribution in [-0.4, -0.2) is 31.1 Å². The molecule has 0 aliphatic carbocycles. The molecule has 0 aromatic heterocycles. The number of rotatable bonds is 6. The van der Waals surface area contributed by atoms with Crippen LogP contribution in [0.1, 0.15) is 20.8 Å². The zero-order valence-electron chi connectivity index (χ0n) is 12.3. The molecular weight excluding hydrogens is 274 g/mol. The van der Waals surface area contributed by atoms with Gasteiger partial charge in [0, 0.05) is 6.07 Å². The summed E-state index contributed by atoms with van der Waals surface area (Å²) in [5, 5.41) is 2.67. The Morgan fingerprint density at radius 3 is 2.67 bits per heavy atom. The van der Waals surface area contributed by atoms with Gasteiger partial charge in [0.2, 0.25) is 6.79 Å². The Kier molecular flexibility index (Phi) is 4.67. The van der Waals surface area contributed by atoms with Crippen molar-refractivity contribution in [1.29, 1.82) is 0 Å². The first-order valence-electron chi connectivity index (χ1n) is 6.79. The number of carbonyl (C=O) groups is 2. The van der Waals surface area contributed by atoms with Crippen molar-refractivity contribution >= 4 is 11.7 Å². The summed E-state index contributed by atoms with van der Waals surface area (Å²) in [5.74, 6) is 1.40. The highest BCUT2D eigenvalue weighted by molar-refractivity contribution is 5.88. The van der Waals surface area contributed by atoms with Gasteiger partial charge in [0.15, 0.2) is 23.9 Å². The summed E-state index contributed by atoms with van der Waals surface area (Å²) in [5.41, 5.74) is 0. The third kappa shape index (κ3) is 3.87. The van der Waals surface area contributed by atoms with E-state index in [2.05, 4.69) is 5.32 Å². The van der Waals surface area contributed by atoms with E-state index in [-0.39, 0.29) is 31.0 Å². The molecule has 1 atom stereocenters. The highest BCUT2D eigenvalue weighted by atomic mass is 16.7. The van der Waals surface area contributed by atoms with Crippen LogP contribution in [-0.2, 0) is 9.59 Å². The molecule has 0 saturated carbocycles. The number of amides is 1. The average Bonchev–Trinajstić information content (AvgIpc) is 2.89. The second-order valence-electron chi connectivity index (χ2n) is 5.20. The molecule has 6 heteroatoms. The fourth-order valence-electron chi connectivity index (χ4n) is 2.07. The first kappa shape index (κ1) is 15.2. The SMILES string of the molecule is CC(=O)C(NC(=O)COc1ccc2c(c1)OCO2)C(C)C. The van der Waals surface area contributed by atoms with Gasteiger partial charge >= 0.3 is 0 Å². The van der Waals surface area contributed by atoms with E-state index in [1.54, 1.807) is 18.2 Å². The molecule has 0 saturated heterocycles. The van der Waals surface area contributed by atoms with Crippen LogP contribution in [0, 0.1) is 5.92 Å². The topological polar surface area (TPSA) is 73.9 Å². The van der Waals surface area contributed by atoms with Crippen molar-refractivity contribution in [3.05, 3.63) is 18.2 Å². The maximum Gasteiger partial charge on any atom is 0.258 e. The molecule has 114 valence electrons. The van der Waals surface area contributed by atoms with Gasteiger partial charge in [0.1, 0.15) is 5.75 Å². The van der Waals surface area contributed by atoms with Crippen LogP contribution >= 0.6 is 0 Å². The van der Waals surface area contributed by atoms with E-state index in [9.17, 15) is 9.59 Å². The van der Waals surface area contributed by atoms with Crippen LogP contribution in [0.3, 0.4) is 0 Å². The summed E-state index contributed by atoms with van der Waals surface area (Å²) in [6, 6.07) is 4.60. The first-order valence-corrected chi connectivity index (χ1v) is 6.79. The molecule has 1 heterocycles. The Balaban J connectivity index is 1.88. The van der Waals surface area contributed by atoms with Gasteiger partial charge in [0.05, 0.1) is 6.04 Å². The molecular formula is C15H19NO5. The van der Waals surface area contributed by atoms with Gasteiger partial charge in [0.25, 0.3) is 5.91 Å². The number of Topliss-reactive ketones (excluding diaryl/α,β-unsaturated/α-hetero) is 1. The van der Waals surface area contributed by atoms with Crippen molar-refractivity contribution in [2.75, 3.05) is 13.4 Å². The first-order chi connectivity index (χ1) is 9.97. The Hall–Kier alpha value is -2.24. The van der Waals surface area contributed by atoms with Crippen molar-refractivity contribution in [1.82, 2.24) is 5.32 Å². The summed E-state index contributed by atoms with van der Waals surface area (Å²) >= 11 is 0. The van der Waals surface area contributed by atoms with Gasteiger partial charge in [-0.25, -0.2) is 0 Å². The van der Waals surface area contributed by atoms with E-state index in [0.717, 1.165) is 0 Å². The van der Waals surface area contributed by atoms with Crippen molar-refractivity contribution in [2.45, 2.75) is 26.8 Å². The summed E-state index contributed by atoms with van der Waals surface area (Å²) in [6.45, 7) is 5.25. The van der Waals surface area contributed by atoms with E-state index < -0.39 is 6.04 Å². The summed E-state index contributed by atoms with van der Waals surface area (Å²) in [7, 11) is 0. The molecule has 1 aromatic carbocycles. The summed E-state index contributed by atoms with van der Waals surface area (Å²) < 4.78 is 15.8. The molecule has 21 heavy (non-hydrogen) atoms. The van der Waals surface area contributed by atoms with Gasteiger partial charge in [-0.05, 0) is 25.0 Å². The van der Waals surface area contributed by atoms with Gasteiger partial charge in [-0.3, -0.25) is 9.59 Å². The summed E-state index contributed by atoms with van der Waals surface area (Å²) in [4.78, 5) is 23.3. The molecule has 6 nitrogen and oxygen atoms in total. The normalized spacial score (nSPS) is 13.9. The van der Waals surface area contributed by atoms with Crippen molar-refractivity contribution in [3.8, 4) is 17.2 Å². The molecule has 0 radical (unpaired) electrons. The molecule has 1 aliphatic rings. The number of fused-ring (bicyclic) bond motifs is 1. The van der Waals surface area contributed by atoms with Crippen LogP contribution < -0.4 is 19.5 Å². The van der Waals surface area contributed by atoms with Gasteiger partial charge in [-0.15, -0.1) is 0 Å². The summed E-state index contributed by atoms with van der Waals surface area (Å²) in [6.07, 6.45) is 0. The van der Waals surface area contributed by atoms with E-state index in [4.69, 9.17) is 14.2 Å². The Bertz CT molecular complexity index is 541. The number of ketones is 1. The zero-order valence-corrected chi connectivity index (χ0v) is 12.3. The molecule has 1 amide bonds. The van der Waals surface area contributed by atoms with Crippen LogP contribution in [0.4, 0.5) is 0 Å². The predicted molar refractivity (Wildman–Crippen MR) is 75.5 cm³/mol. The van der Waals surface area contributed by atoms with Gasteiger partial charge in [-0.1, -0.05) is 13.8 Å². The maximum absolute atomic E-state index is 11.8. The second-order valence-corrected chi connectivity index (χ2v) is 5.20. The number of hydrogen-bond donors (Lipinski definition) is 1. The lowest BCUT2D eigenvalue weighted by Crippen LogP contribution is -2.45. The minimum atomic E-state index is -0.488. The van der Waals surface area contributed by atoms with Gasteiger partial charge in [-0.2, -0.15) is 0 Å². The quantitative estimate of drug-likeness (QED) is 0.861. The number of carbonyl (C=O) groups excluding carboxylic acids is 2. The van der Waals surface area contributed by atoms with Crippen LogP contribution in [0.5, 0.6) is 17.2 Å². The molecule has 1 unspecified atom stereocenters. The maximum atomic E-state index is 11.8. The van der Waals surface area contributed by atoms with E-state index >= 15 is 0 Å². The molecule has 1 aromatic rings. The Labute approximate surface area is 123 Å². The number of benzene rings is 1. The third-order valence-corrected chi connectivity index (χ3v) is 3.14. The van der Waals surface area contributed by atoms with E-state index in [0.29, 0.717) is 17.2 Å². The van der Waals surface area contributed by atoms with Crippen molar-refractivity contribution < 1.29 is 23.8 Å². The Morgan fingerprint density at radius 1 is 1.29 bits per heavy atom. The molecule has 1 N–H and O–H groups in total. The molecule has 0 spiro atoms. The number of ether oxygens (including phenoxy) is 3. The average molecular weight is 293 g/mol. The number of nitrogens with one attached hydrogen (secondary N) is 1. The second kappa shape index (κ2) is 6.47.